The fraction of sp³-hybridized carbons (Fsp3) is 0.688. The van der Waals surface area contributed by atoms with Gasteiger partial charge in [0.2, 0.25) is 0 Å². The minimum atomic E-state index is 0.639. The summed E-state index contributed by atoms with van der Waals surface area (Å²) in [6.45, 7) is 13.5. The molecule has 0 saturated carbocycles. The van der Waals surface area contributed by atoms with Gasteiger partial charge in [0.1, 0.15) is 5.82 Å². The summed E-state index contributed by atoms with van der Waals surface area (Å²) in [5, 5.41) is 3.46. The number of rotatable bonds is 6. The molecule has 1 N–H and O–H groups in total. The summed E-state index contributed by atoms with van der Waals surface area (Å²) in [4.78, 5) is 9.44. The Morgan fingerprint density at radius 3 is 2.55 bits per heavy atom. The van der Waals surface area contributed by atoms with E-state index in [2.05, 4.69) is 53.0 Å². The first-order chi connectivity index (χ1) is 9.72. The van der Waals surface area contributed by atoms with E-state index >= 15 is 0 Å². The molecule has 0 aliphatic carbocycles. The summed E-state index contributed by atoms with van der Waals surface area (Å²) in [6, 6.07) is 6.78. The molecule has 0 radical (unpaired) electrons. The SMILES string of the molecule is CCNCC(C)C(C)N1CCN(c2ccccn2)CC1. The minimum absolute atomic E-state index is 0.639. The van der Waals surface area contributed by atoms with Gasteiger partial charge >= 0.3 is 0 Å². The monoisotopic (exact) mass is 276 g/mol. The first-order valence-electron chi connectivity index (χ1n) is 7.83. The fourth-order valence-corrected chi connectivity index (χ4v) is 2.80. The first kappa shape index (κ1) is 15.3. The molecule has 1 aliphatic rings. The number of piperazine rings is 1. The van der Waals surface area contributed by atoms with Crippen molar-refractivity contribution in [2.45, 2.75) is 26.8 Å². The second kappa shape index (κ2) is 7.60. The van der Waals surface area contributed by atoms with Crippen LogP contribution in [0.2, 0.25) is 0 Å². The Bertz CT molecular complexity index is 373. The second-order valence-corrected chi connectivity index (χ2v) is 5.74. The van der Waals surface area contributed by atoms with Gasteiger partial charge in [0, 0.05) is 38.4 Å². The number of pyridine rings is 1. The summed E-state index contributed by atoms with van der Waals surface area (Å²) < 4.78 is 0. The topological polar surface area (TPSA) is 31.4 Å². The Morgan fingerprint density at radius 2 is 1.95 bits per heavy atom. The van der Waals surface area contributed by atoms with Crippen molar-refractivity contribution in [3.8, 4) is 0 Å². The highest BCUT2D eigenvalue weighted by Gasteiger charge is 2.24. The predicted octanol–water partition coefficient (Wildman–Crippen LogP) is 1.84. The summed E-state index contributed by atoms with van der Waals surface area (Å²) in [5.74, 6) is 1.80. The van der Waals surface area contributed by atoms with Crippen LogP contribution in [0.5, 0.6) is 0 Å². The molecule has 1 aromatic heterocycles. The van der Waals surface area contributed by atoms with Crippen molar-refractivity contribution in [3.05, 3.63) is 24.4 Å². The molecule has 2 unspecified atom stereocenters. The lowest BCUT2D eigenvalue weighted by Crippen LogP contribution is -2.52. The van der Waals surface area contributed by atoms with Gasteiger partial charge in [-0.1, -0.05) is 19.9 Å². The molecule has 0 spiro atoms. The highest BCUT2D eigenvalue weighted by Crippen LogP contribution is 2.17. The van der Waals surface area contributed by atoms with Crippen LogP contribution in [0.4, 0.5) is 5.82 Å². The number of anilines is 1. The lowest BCUT2D eigenvalue weighted by molar-refractivity contribution is 0.151. The van der Waals surface area contributed by atoms with E-state index in [0.717, 1.165) is 45.1 Å². The fourth-order valence-electron chi connectivity index (χ4n) is 2.80. The Morgan fingerprint density at radius 1 is 1.20 bits per heavy atom. The molecule has 2 atom stereocenters. The van der Waals surface area contributed by atoms with E-state index in [1.807, 2.05) is 12.3 Å². The maximum atomic E-state index is 4.45. The van der Waals surface area contributed by atoms with Gasteiger partial charge in [0.05, 0.1) is 0 Å². The van der Waals surface area contributed by atoms with Crippen molar-refractivity contribution in [2.24, 2.45) is 5.92 Å². The smallest absolute Gasteiger partial charge is 0.128 e. The largest absolute Gasteiger partial charge is 0.354 e. The average molecular weight is 276 g/mol. The van der Waals surface area contributed by atoms with Gasteiger partial charge in [0.15, 0.2) is 0 Å². The molecule has 1 aromatic rings. The number of nitrogens with zero attached hydrogens (tertiary/aromatic N) is 3. The third-order valence-electron chi connectivity index (χ3n) is 4.40. The second-order valence-electron chi connectivity index (χ2n) is 5.74. The number of hydrogen-bond donors (Lipinski definition) is 1. The maximum Gasteiger partial charge on any atom is 0.128 e. The highest BCUT2D eigenvalue weighted by atomic mass is 15.3. The minimum Gasteiger partial charge on any atom is -0.354 e. The average Bonchev–Trinajstić information content (AvgIpc) is 2.53. The van der Waals surface area contributed by atoms with Gasteiger partial charge in [-0.15, -0.1) is 0 Å². The Hall–Kier alpha value is -1.13. The van der Waals surface area contributed by atoms with Crippen LogP contribution >= 0.6 is 0 Å². The van der Waals surface area contributed by atoms with Gasteiger partial charge in [-0.25, -0.2) is 4.98 Å². The van der Waals surface area contributed by atoms with Gasteiger partial charge in [0.25, 0.3) is 0 Å². The summed E-state index contributed by atoms with van der Waals surface area (Å²) >= 11 is 0. The van der Waals surface area contributed by atoms with Crippen LogP contribution in [0, 0.1) is 5.92 Å². The van der Waals surface area contributed by atoms with Crippen molar-refractivity contribution in [1.82, 2.24) is 15.2 Å². The van der Waals surface area contributed by atoms with Crippen molar-refractivity contribution in [1.29, 1.82) is 0 Å². The zero-order valence-electron chi connectivity index (χ0n) is 13.0. The number of nitrogens with one attached hydrogen (secondary N) is 1. The molecule has 1 aliphatic heterocycles. The van der Waals surface area contributed by atoms with E-state index in [-0.39, 0.29) is 0 Å². The van der Waals surface area contributed by atoms with Crippen molar-refractivity contribution in [2.75, 3.05) is 44.2 Å². The molecule has 4 heteroatoms. The number of aromatic nitrogens is 1. The van der Waals surface area contributed by atoms with E-state index < -0.39 is 0 Å². The lowest BCUT2D eigenvalue weighted by atomic mass is 10.0. The van der Waals surface area contributed by atoms with Crippen LogP contribution in [-0.2, 0) is 0 Å². The van der Waals surface area contributed by atoms with Gasteiger partial charge in [-0.3, -0.25) is 4.90 Å². The van der Waals surface area contributed by atoms with E-state index in [4.69, 9.17) is 0 Å². The predicted molar refractivity (Wildman–Crippen MR) is 85.2 cm³/mol. The highest BCUT2D eigenvalue weighted by molar-refractivity contribution is 5.38. The van der Waals surface area contributed by atoms with Crippen molar-refractivity contribution >= 4 is 5.82 Å². The maximum absolute atomic E-state index is 4.45. The molecule has 2 heterocycles. The lowest BCUT2D eigenvalue weighted by Gasteiger charge is -2.40. The molecule has 2 rings (SSSR count). The zero-order chi connectivity index (χ0) is 14.4. The Labute approximate surface area is 123 Å². The third-order valence-corrected chi connectivity index (χ3v) is 4.40. The zero-order valence-corrected chi connectivity index (χ0v) is 13.0. The van der Waals surface area contributed by atoms with Crippen LogP contribution in [-0.4, -0.2) is 55.2 Å². The van der Waals surface area contributed by atoms with Crippen molar-refractivity contribution in [3.63, 3.8) is 0 Å². The molecule has 1 saturated heterocycles. The third kappa shape index (κ3) is 3.93. The van der Waals surface area contributed by atoms with Crippen LogP contribution in [0.3, 0.4) is 0 Å². The molecule has 112 valence electrons. The summed E-state index contributed by atoms with van der Waals surface area (Å²) in [5.41, 5.74) is 0. The molecule has 4 nitrogen and oxygen atoms in total. The molecular formula is C16H28N4. The standard InChI is InChI=1S/C16H28N4/c1-4-17-13-14(2)15(3)19-9-11-20(12-10-19)16-7-5-6-8-18-16/h5-8,14-15,17H,4,9-13H2,1-3H3. The Kier molecular flexibility index (Phi) is 5.80. The van der Waals surface area contributed by atoms with E-state index in [1.165, 1.54) is 0 Å². The van der Waals surface area contributed by atoms with E-state index in [1.54, 1.807) is 0 Å². The van der Waals surface area contributed by atoms with Crippen LogP contribution in [0.15, 0.2) is 24.4 Å². The van der Waals surface area contributed by atoms with Crippen LogP contribution in [0.1, 0.15) is 20.8 Å². The molecule has 1 fully saturated rings. The van der Waals surface area contributed by atoms with Gasteiger partial charge in [-0.2, -0.15) is 0 Å². The molecule has 0 bridgehead atoms. The molecule has 0 aromatic carbocycles. The Balaban J connectivity index is 1.82. The molecule has 0 amide bonds. The van der Waals surface area contributed by atoms with Crippen molar-refractivity contribution < 1.29 is 0 Å². The number of hydrogen-bond acceptors (Lipinski definition) is 4. The van der Waals surface area contributed by atoms with Crippen LogP contribution in [0.25, 0.3) is 0 Å². The van der Waals surface area contributed by atoms with Gasteiger partial charge < -0.3 is 10.2 Å². The summed E-state index contributed by atoms with van der Waals surface area (Å²) in [6.07, 6.45) is 1.88. The summed E-state index contributed by atoms with van der Waals surface area (Å²) in [7, 11) is 0. The van der Waals surface area contributed by atoms with Crippen LogP contribution < -0.4 is 10.2 Å². The molecule has 20 heavy (non-hydrogen) atoms. The molecular weight excluding hydrogens is 248 g/mol. The van der Waals surface area contributed by atoms with E-state index in [9.17, 15) is 0 Å². The normalized spacial score (nSPS) is 19.9. The van der Waals surface area contributed by atoms with E-state index in [0.29, 0.717) is 12.0 Å². The first-order valence-corrected chi connectivity index (χ1v) is 7.83. The quantitative estimate of drug-likeness (QED) is 0.859. The van der Waals surface area contributed by atoms with Gasteiger partial charge in [-0.05, 0) is 38.1 Å².